The van der Waals surface area contributed by atoms with Gasteiger partial charge in [-0.25, -0.2) is 4.79 Å². The highest BCUT2D eigenvalue weighted by atomic mass is 16.5. The molecule has 2 amide bonds. The molecule has 0 aliphatic rings. The van der Waals surface area contributed by atoms with Crippen LogP contribution >= 0.6 is 0 Å². The molecule has 0 saturated carbocycles. The number of hydrogen-bond donors (Lipinski definition) is 2. The smallest absolute Gasteiger partial charge is 0.319 e. The van der Waals surface area contributed by atoms with Crippen LogP contribution in [-0.2, 0) is 6.42 Å². The van der Waals surface area contributed by atoms with Crippen LogP contribution in [0.2, 0.25) is 0 Å². The Balaban J connectivity index is 1.64. The monoisotopic (exact) mass is 352 g/mol. The molecule has 3 rings (SSSR count). The SMILES string of the molecule is COc1ccc(NC(=O)NCCc2ccccc2)cc1-n1nnnc1C. The largest absolute Gasteiger partial charge is 0.494 e. The summed E-state index contributed by atoms with van der Waals surface area (Å²) in [4.78, 5) is 12.1. The highest BCUT2D eigenvalue weighted by Crippen LogP contribution is 2.26. The molecular formula is C18H20N6O2. The number of rotatable bonds is 6. The van der Waals surface area contributed by atoms with E-state index in [1.807, 2.05) is 30.3 Å². The summed E-state index contributed by atoms with van der Waals surface area (Å²) in [6.45, 7) is 2.33. The summed E-state index contributed by atoms with van der Waals surface area (Å²) in [6, 6.07) is 15.0. The van der Waals surface area contributed by atoms with Crippen molar-refractivity contribution in [3.05, 3.63) is 59.9 Å². The predicted molar refractivity (Wildman–Crippen MR) is 97.6 cm³/mol. The maximum atomic E-state index is 12.1. The quantitative estimate of drug-likeness (QED) is 0.710. The molecule has 8 heteroatoms. The third-order valence-electron chi connectivity index (χ3n) is 3.83. The van der Waals surface area contributed by atoms with E-state index < -0.39 is 0 Å². The molecule has 26 heavy (non-hydrogen) atoms. The third-order valence-corrected chi connectivity index (χ3v) is 3.83. The summed E-state index contributed by atoms with van der Waals surface area (Å²) in [6.07, 6.45) is 0.770. The molecule has 1 aromatic heterocycles. The minimum atomic E-state index is -0.273. The first-order valence-electron chi connectivity index (χ1n) is 8.19. The molecule has 0 saturated heterocycles. The van der Waals surface area contributed by atoms with Crippen LogP contribution in [0.15, 0.2) is 48.5 Å². The molecule has 0 fully saturated rings. The van der Waals surface area contributed by atoms with E-state index in [0.29, 0.717) is 29.5 Å². The van der Waals surface area contributed by atoms with Crippen molar-refractivity contribution in [3.8, 4) is 11.4 Å². The Kier molecular flexibility index (Phi) is 5.43. The lowest BCUT2D eigenvalue weighted by Gasteiger charge is -2.12. The molecule has 0 atom stereocenters. The lowest BCUT2D eigenvalue weighted by atomic mass is 10.1. The first-order valence-corrected chi connectivity index (χ1v) is 8.19. The van der Waals surface area contributed by atoms with E-state index in [0.717, 1.165) is 6.42 Å². The number of benzene rings is 2. The summed E-state index contributed by atoms with van der Waals surface area (Å²) in [5, 5.41) is 17.1. The van der Waals surface area contributed by atoms with Gasteiger partial charge < -0.3 is 15.4 Å². The summed E-state index contributed by atoms with van der Waals surface area (Å²) in [7, 11) is 1.57. The number of methoxy groups -OCH3 is 1. The van der Waals surface area contributed by atoms with Crippen LogP contribution in [0.4, 0.5) is 10.5 Å². The molecule has 3 aromatic rings. The number of carbonyl (C=O) groups excluding carboxylic acids is 1. The second kappa shape index (κ2) is 8.11. The Morgan fingerprint density at radius 2 is 2.00 bits per heavy atom. The van der Waals surface area contributed by atoms with Crippen molar-refractivity contribution < 1.29 is 9.53 Å². The van der Waals surface area contributed by atoms with Gasteiger partial charge in [0, 0.05) is 12.2 Å². The van der Waals surface area contributed by atoms with Crippen molar-refractivity contribution in [2.24, 2.45) is 0 Å². The van der Waals surface area contributed by atoms with E-state index in [1.54, 1.807) is 36.9 Å². The molecular weight excluding hydrogens is 332 g/mol. The van der Waals surface area contributed by atoms with Crippen LogP contribution in [0.1, 0.15) is 11.4 Å². The number of tetrazole rings is 1. The lowest BCUT2D eigenvalue weighted by Crippen LogP contribution is -2.30. The van der Waals surface area contributed by atoms with Crippen LogP contribution in [0, 0.1) is 6.92 Å². The Hall–Kier alpha value is -3.42. The van der Waals surface area contributed by atoms with E-state index in [-0.39, 0.29) is 6.03 Å². The zero-order valence-corrected chi connectivity index (χ0v) is 14.6. The lowest BCUT2D eigenvalue weighted by molar-refractivity contribution is 0.252. The number of carbonyl (C=O) groups is 1. The maximum absolute atomic E-state index is 12.1. The van der Waals surface area contributed by atoms with Gasteiger partial charge in [0.25, 0.3) is 0 Å². The van der Waals surface area contributed by atoms with Crippen LogP contribution in [0.5, 0.6) is 5.75 Å². The molecule has 0 aliphatic heterocycles. The average molecular weight is 352 g/mol. The third kappa shape index (κ3) is 4.15. The normalized spacial score (nSPS) is 10.4. The van der Waals surface area contributed by atoms with Gasteiger partial charge in [0.1, 0.15) is 11.4 Å². The molecule has 0 unspecified atom stereocenters. The summed E-state index contributed by atoms with van der Waals surface area (Å²) >= 11 is 0. The van der Waals surface area contributed by atoms with Gasteiger partial charge in [0.2, 0.25) is 0 Å². The van der Waals surface area contributed by atoms with Crippen molar-refractivity contribution in [2.75, 3.05) is 19.0 Å². The van der Waals surface area contributed by atoms with Gasteiger partial charge in [-0.15, -0.1) is 5.10 Å². The minimum Gasteiger partial charge on any atom is -0.494 e. The van der Waals surface area contributed by atoms with E-state index in [1.165, 1.54) is 5.56 Å². The van der Waals surface area contributed by atoms with E-state index in [2.05, 4.69) is 26.2 Å². The number of urea groups is 1. The Morgan fingerprint density at radius 1 is 1.19 bits per heavy atom. The van der Waals surface area contributed by atoms with Crippen LogP contribution in [0.3, 0.4) is 0 Å². The molecule has 8 nitrogen and oxygen atoms in total. The topological polar surface area (TPSA) is 94.0 Å². The fourth-order valence-corrected chi connectivity index (χ4v) is 2.53. The van der Waals surface area contributed by atoms with Crippen molar-refractivity contribution in [1.82, 2.24) is 25.5 Å². The number of aromatic nitrogens is 4. The van der Waals surface area contributed by atoms with Gasteiger partial charge in [-0.05, 0) is 47.5 Å². The Bertz CT molecular complexity index is 878. The molecule has 134 valence electrons. The highest BCUT2D eigenvalue weighted by molar-refractivity contribution is 5.89. The molecule has 0 aliphatic carbocycles. The minimum absolute atomic E-state index is 0.273. The predicted octanol–water partition coefficient (Wildman–Crippen LogP) is 2.34. The van der Waals surface area contributed by atoms with Gasteiger partial charge in [0.15, 0.2) is 5.82 Å². The second-order valence-electron chi connectivity index (χ2n) is 5.64. The van der Waals surface area contributed by atoms with Crippen LogP contribution < -0.4 is 15.4 Å². The molecule has 1 heterocycles. The maximum Gasteiger partial charge on any atom is 0.319 e. The molecule has 0 radical (unpaired) electrons. The van der Waals surface area contributed by atoms with Gasteiger partial charge >= 0.3 is 6.03 Å². The van der Waals surface area contributed by atoms with Crippen molar-refractivity contribution in [1.29, 1.82) is 0 Å². The molecule has 2 aromatic carbocycles. The Morgan fingerprint density at radius 3 is 2.69 bits per heavy atom. The Labute approximate surface area is 151 Å². The first-order chi connectivity index (χ1) is 12.7. The number of nitrogens with zero attached hydrogens (tertiary/aromatic N) is 4. The number of aryl methyl sites for hydroxylation is 1. The van der Waals surface area contributed by atoms with E-state index in [9.17, 15) is 4.79 Å². The van der Waals surface area contributed by atoms with Gasteiger partial charge in [-0.2, -0.15) is 4.68 Å². The van der Waals surface area contributed by atoms with Crippen molar-refractivity contribution in [3.63, 3.8) is 0 Å². The van der Waals surface area contributed by atoms with Gasteiger partial charge in [-0.1, -0.05) is 30.3 Å². The summed E-state index contributed by atoms with van der Waals surface area (Å²) in [5.74, 6) is 1.23. The van der Waals surface area contributed by atoms with Crippen molar-refractivity contribution in [2.45, 2.75) is 13.3 Å². The number of ether oxygens (including phenoxy) is 1. The molecule has 0 spiro atoms. The van der Waals surface area contributed by atoms with Gasteiger partial charge in [-0.3, -0.25) is 0 Å². The summed E-state index contributed by atoms with van der Waals surface area (Å²) in [5.41, 5.74) is 2.44. The van der Waals surface area contributed by atoms with Crippen LogP contribution in [0.25, 0.3) is 5.69 Å². The van der Waals surface area contributed by atoms with Crippen molar-refractivity contribution >= 4 is 11.7 Å². The second-order valence-corrected chi connectivity index (χ2v) is 5.64. The first kappa shape index (κ1) is 17.4. The number of nitrogens with one attached hydrogen (secondary N) is 2. The standard InChI is InChI=1S/C18H20N6O2/c1-13-21-22-23-24(13)16-12-15(8-9-17(16)26-2)20-18(25)19-11-10-14-6-4-3-5-7-14/h3-9,12H,10-11H2,1-2H3,(H2,19,20,25). The number of anilines is 1. The van der Waals surface area contributed by atoms with Gasteiger partial charge in [0.05, 0.1) is 7.11 Å². The molecule has 2 N–H and O–H groups in total. The van der Waals surface area contributed by atoms with Crippen LogP contribution in [-0.4, -0.2) is 39.9 Å². The fraction of sp³-hybridized carbons (Fsp3) is 0.222. The van der Waals surface area contributed by atoms with E-state index in [4.69, 9.17) is 4.74 Å². The fourth-order valence-electron chi connectivity index (χ4n) is 2.53. The zero-order chi connectivity index (χ0) is 18.4. The number of hydrogen-bond acceptors (Lipinski definition) is 5. The van der Waals surface area contributed by atoms with E-state index >= 15 is 0 Å². The highest BCUT2D eigenvalue weighted by Gasteiger charge is 2.12. The number of amides is 2. The zero-order valence-electron chi connectivity index (χ0n) is 14.6. The summed E-state index contributed by atoms with van der Waals surface area (Å²) < 4.78 is 6.91. The molecule has 0 bridgehead atoms. The average Bonchev–Trinajstić information content (AvgIpc) is 3.08.